The highest BCUT2D eigenvalue weighted by molar-refractivity contribution is 5.21. The lowest BCUT2D eigenvalue weighted by Gasteiger charge is -2.21. The van der Waals surface area contributed by atoms with E-state index < -0.39 is 0 Å². The van der Waals surface area contributed by atoms with Gasteiger partial charge in [-0.1, -0.05) is 0 Å². The minimum absolute atomic E-state index is 0.400. The maximum atomic E-state index is 4.79. The molecule has 7 heavy (non-hydrogen) atoms. The maximum Gasteiger partial charge on any atom is 0.127 e. The van der Waals surface area contributed by atoms with E-state index in [9.17, 15) is 0 Å². The zero-order valence-electron chi connectivity index (χ0n) is 4.26. The van der Waals surface area contributed by atoms with E-state index in [1.54, 1.807) is 0 Å². The molecule has 0 unspecified atom stereocenters. The van der Waals surface area contributed by atoms with E-state index in [1.807, 2.05) is 0 Å². The van der Waals surface area contributed by atoms with Crippen LogP contribution in [0.2, 0.25) is 0 Å². The van der Waals surface area contributed by atoms with Crippen molar-refractivity contribution < 1.29 is 4.84 Å². The van der Waals surface area contributed by atoms with E-state index in [0.717, 1.165) is 0 Å². The molecule has 0 aliphatic heterocycles. The van der Waals surface area contributed by atoms with E-state index in [4.69, 9.17) is 4.84 Å². The molecule has 0 aromatic heterocycles. The minimum atomic E-state index is 0.400. The Bertz CT molecular complexity index is 68.5. The summed E-state index contributed by atoms with van der Waals surface area (Å²) in [5.74, 6) is 0. The third-order valence-corrected chi connectivity index (χ3v) is 1.28. The highest BCUT2D eigenvalue weighted by Crippen LogP contribution is 2.21. The van der Waals surface area contributed by atoms with Crippen molar-refractivity contribution in [2.45, 2.75) is 25.4 Å². The van der Waals surface area contributed by atoms with E-state index in [-0.39, 0.29) is 0 Å². The molecule has 0 heterocycles. The molecule has 0 aromatic carbocycles. The van der Waals surface area contributed by atoms with E-state index in [0.29, 0.717) is 6.10 Å². The van der Waals surface area contributed by atoms with Crippen molar-refractivity contribution in [3.05, 3.63) is 0 Å². The fourth-order valence-corrected chi connectivity index (χ4v) is 0.582. The van der Waals surface area contributed by atoms with Crippen molar-refractivity contribution >= 4 is 6.72 Å². The average molecular weight is 99.1 g/mol. The Morgan fingerprint density at radius 1 is 1.57 bits per heavy atom. The average Bonchev–Trinajstić information content (AvgIpc) is 1.55. The van der Waals surface area contributed by atoms with Gasteiger partial charge in [-0.2, -0.15) is 0 Å². The number of hydrogen-bond acceptors (Lipinski definition) is 2. The van der Waals surface area contributed by atoms with Gasteiger partial charge in [0, 0.05) is 6.72 Å². The molecular weight excluding hydrogens is 90.1 g/mol. The monoisotopic (exact) mass is 99.1 g/mol. The van der Waals surface area contributed by atoms with Gasteiger partial charge in [0.1, 0.15) is 6.10 Å². The standard InChI is InChI=1S/C5H9NO/c1-6-7-5-3-2-4-5/h5H,1-4H2. The first kappa shape index (κ1) is 4.62. The van der Waals surface area contributed by atoms with Crippen LogP contribution < -0.4 is 0 Å². The SMILES string of the molecule is C=NOC1CCC1. The van der Waals surface area contributed by atoms with Gasteiger partial charge < -0.3 is 4.84 Å². The second-order valence-corrected chi connectivity index (χ2v) is 1.79. The summed E-state index contributed by atoms with van der Waals surface area (Å²) in [6.07, 6.45) is 4.02. The first-order chi connectivity index (χ1) is 3.43. The molecule has 0 aromatic rings. The molecule has 1 fully saturated rings. The van der Waals surface area contributed by atoms with Crippen molar-refractivity contribution in [3.8, 4) is 0 Å². The molecule has 1 aliphatic rings. The molecule has 0 atom stereocenters. The fourth-order valence-electron chi connectivity index (χ4n) is 0.582. The Hall–Kier alpha value is -0.530. The van der Waals surface area contributed by atoms with Gasteiger partial charge in [-0.25, -0.2) is 0 Å². The summed E-state index contributed by atoms with van der Waals surface area (Å²) in [7, 11) is 0. The Morgan fingerprint density at radius 3 is 2.43 bits per heavy atom. The van der Waals surface area contributed by atoms with Crippen LogP contribution in [-0.4, -0.2) is 12.8 Å². The second-order valence-electron chi connectivity index (χ2n) is 1.79. The molecular formula is C5H9NO. The van der Waals surface area contributed by atoms with E-state index in [2.05, 4.69) is 11.9 Å². The third kappa shape index (κ3) is 0.918. The van der Waals surface area contributed by atoms with Crippen molar-refractivity contribution in [1.29, 1.82) is 0 Å². The molecule has 0 amide bonds. The molecule has 2 heteroatoms. The number of hydrogen-bond donors (Lipinski definition) is 0. The van der Waals surface area contributed by atoms with Crippen molar-refractivity contribution in [1.82, 2.24) is 0 Å². The number of oxime groups is 1. The summed E-state index contributed by atoms with van der Waals surface area (Å²) in [5.41, 5.74) is 0. The predicted molar refractivity (Wildman–Crippen MR) is 28.3 cm³/mol. The minimum Gasteiger partial charge on any atom is -0.393 e. The number of rotatable bonds is 2. The lowest BCUT2D eigenvalue weighted by molar-refractivity contribution is 0.00765. The van der Waals surface area contributed by atoms with Gasteiger partial charge in [0.05, 0.1) is 0 Å². The Kier molecular flexibility index (Phi) is 1.29. The molecule has 0 radical (unpaired) electrons. The second kappa shape index (κ2) is 1.96. The Labute approximate surface area is 43.2 Å². The van der Waals surface area contributed by atoms with Crippen molar-refractivity contribution in [3.63, 3.8) is 0 Å². The van der Waals surface area contributed by atoms with E-state index >= 15 is 0 Å². The van der Waals surface area contributed by atoms with Gasteiger partial charge in [0.2, 0.25) is 0 Å². The van der Waals surface area contributed by atoms with Crippen LogP contribution in [0.5, 0.6) is 0 Å². The fraction of sp³-hybridized carbons (Fsp3) is 0.800. The highest BCUT2D eigenvalue weighted by Gasteiger charge is 2.17. The smallest absolute Gasteiger partial charge is 0.127 e. The summed E-state index contributed by atoms with van der Waals surface area (Å²) in [4.78, 5) is 4.79. The lowest BCUT2D eigenvalue weighted by atomic mass is 9.97. The summed E-state index contributed by atoms with van der Waals surface area (Å²) in [6, 6.07) is 0. The summed E-state index contributed by atoms with van der Waals surface area (Å²) < 4.78 is 0. The predicted octanol–water partition coefficient (Wildman–Crippen LogP) is 1.17. The third-order valence-electron chi connectivity index (χ3n) is 1.28. The topological polar surface area (TPSA) is 21.6 Å². The summed E-state index contributed by atoms with van der Waals surface area (Å²) >= 11 is 0. The molecule has 40 valence electrons. The largest absolute Gasteiger partial charge is 0.393 e. The molecule has 1 aliphatic carbocycles. The lowest BCUT2D eigenvalue weighted by Crippen LogP contribution is -2.18. The van der Waals surface area contributed by atoms with Crippen LogP contribution in [0.3, 0.4) is 0 Å². The molecule has 1 rings (SSSR count). The van der Waals surface area contributed by atoms with Crippen LogP contribution >= 0.6 is 0 Å². The van der Waals surface area contributed by atoms with Crippen molar-refractivity contribution in [2.24, 2.45) is 5.16 Å². The zero-order chi connectivity index (χ0) is 5.11. The van der Waals surface area contributed by atoms with Crippen LogP contribution in [0.25, 0.3) is 0 Å². The van der Waals surface area contributed by atoms with Gasteiger partial charge >= 0.3 is 0 Å². The van der Waals surface area contributed by atoms with Gasteiger partial charge in [-0.05, 0) is 19.3 Å². The highest BCUT2D eigenvalue weighted by atomic mass is 16.6. The first-order valence-electron chi connectivity index (χ1n) is 2.55. The number of nitrogens with zero attached hydrogens (tertiary/aromatic N) is 1. The maximum absolute atomic E-state index is 4.79. The first-order valence-corrected chi connectivity index (χ1v) is 2.55. The normalized spacial score (nSPS) is 20.6. The van der Waals surface area contributed by atoms with Crippen molar-refractivity contribution in [2.75, 3.05) is 0 Å². The van der Waals surface area contributed by atoms with Crippen LogP contribution in [0.1, 0.15) is 19.3 Å². The van der Waals surface area contributed by atoms with Gasteiger partial charge in [-0.3, -0.25) is 0 Å². The van der Waals surface area contributed by atoms with Crippen LogP contribution in [0, 0.1) is 0 Å². The van der Waals surface area contributed by atoms with Gasteiger partial charge in [0.15, 0.2) is 0 Å². The van der Waals surface area contributed by atoms with Crippen LogP contribution in [0.4, 0.5) is 0 Å². The molecule has 2 nitrogen and oxygen atoms in total. The molecule has 0 saturated heterocycles. The molecule has 0 bridgehead atoms. The van der Waals surface area contributed by atoms with Crippen LogP contribution in [0.15, 0.2) is 5.16 Å². The molecule has 1 saturated carbocycles. The van der Waals surface area contributed by atoms with Gasteiger partial charge in [-0.15, -0.1) is 5.16 Å². The van der Waals surface area contributed by atoms with E-state index in [1.165, 1.54) is 19.3 Å². The Balaban J connectivity index is 2.03. The van der Waals surface area contributed by atoms with Gasteiger partial charge in [0.25, 0.3) is 0 Å². The molecule has 0 spiro atoms. The molecule has 0 N–H and O–H groups in total. The van der Waals surface area contributed by atoms with Crippen LogP contribution in [-0.2, 0) is 4.84 Å². The Morgan fingerprint density at radius 2 is 2.29 bits per heavy atom. The quantitative estimate of drug-likeness (QED) is 0.376. The summed E-state index contributed by atoms with van der Waals surface area (Å²) in [5, 5.41) is 3.31. The summed E-state index contributed by atoms with van der Waals surface area (Å²) in [6.45, 7) is 3.21. The zero-order valence-corrected chi connectivity index (χ0v) is 4.26.